The molecule has 0 aromatic heterocycles. The van der Waals surface area contributed by atoms with Crippen molar-refractivity contribution in [2.24, 2.45) is 0 Å². The molecule has 0 fully saturated rings. The average molecular weight is 270 g/mol. The lowest BCUT2D eigenvalue weighted by Crippen LogP contribution is -2.23. The molecule has 1 N–H and O–H groups in total. The molecule has 0 saturated carbocycles. The first-order valence-corrected chi connectivity index (χ1v) is 6.08. The third-order valence-electron chi connectivity index (χ3n) is 3.15. The quantitative estimate of drug-likeness (QED) is 0.799. The van der Waals surface area contributed by atoms with Gasteiger partial charge in [-0.3, -0.25) is 14.5 Å². The fourth-order valence-electron chi connectivity index (χ4n) is 2.32. The number of anilines is 3. The largest absolute Gasteiger partial charge is 0.320 e. The van der Waals surface area contributed by atoms with Gasteiger partial charge in [-0.2, -0.15) is 0 Å². The minimum atomic E-state index is -0.520. The van der Waals surface area contributed by atoms with Crippen molar-refractivity contribution in [2.45, 2.75) is 6.92 Å². The van der Waals surface area contributed by atoms with Gasteiger partial charge in [0.1, 0.15) is 5.82 Å². The van der Waals surface area contributed by atoms with Gasteiger partial charge in [-0.25, -0.2) is 4.39 Å². The maximum Gasteiger partial charge on any atom is 0.257 e. The van der Waals surface area contributed by atoms with Gasteiger partial charge in [0.25, 0.3) is 5.91 Å². The van der Waals surface area contributed by atoms with Crippen LogP contribution in [0.1, 0.15) is 17.3 Å². The first-order chi connectivity index (χ1) is 9.58. The standard InChI is InChI=1S/C15H11FN2O2/c1-9(19)18-13-7-6-10(16)8-11(13)15(20)17-12-4-2-3-5-14(12)18/h2-8H,1H3,(H,17,20). The van der Waals surface area contributed by atoms with Crippen molar-refractivity contribution in [3.8, 4) is 0 Å². The Balaban J connectivity index is 2.32. The summed E-state index contributed by atoms with van der Waals surface area (Å²) in [6.45, 7) is 1.40. The Kier molecular flexibility index (Phi) is 2.75. The van der Waals surface area contributed by atoms with Crippen LogP contribution in [0.25, 0.3) is 0 Å². The molecule has 3 rings (SSSR count). The predicted octanol–water partition coefficient (Wildman–Crippen LogP) is 3.08. The van der Waals surface area contributed by atoms with Crippen LogP contribution >= 0.6 is 0 Å². The highest BCUT2D eigenvalue weighted by atomic mass is 19.1. The number of amides is 2. The van der Waals surface area contributed by atoms with E-state index in [0.717, 1.165) is 6.07 Å². The lowest BCUT2D eigenvalue weighted by molar-refractivity contribution is -0.115. The molecule has 1 aliphatic rings. The van der Waals surface area contributed by atoms with Crippen LogP contribution in [0.3, 0.4) is 0 Å². The number of rotatable bonds is 0. The third kappa shape index (κ3) is 1.84. The molecule has 0 spiro atoms. The van der Waals surface area contributed by atoms with Crippen LogP contribution in [0.5, 0.6) is 0 Å². The maximum absolute atomic E-state index is 13.4. The molecule has 0 bridgehead atoms. The number of carbonyl (C=O) groups is 2. The molecule has 0 saturated heterocycles. The number of benzene rings is 2. The SMILES string of the molecule is CC(=O)N1c2ccccc2NC(=O)c2cc(F)ccc21. The lowest BCUT2D eigenvalue weighted by atomic mass is 10.1. The molecule has 1 aliphatic heterocycles. The second kappa shape index (κ2) is 4.45. The zero-order chi connectivity index (χ0) is 14.3. The summed E-state index contributed by atoms with van der Waals surface area (Å²) in [5, 5.41) is 2.69. The van der Waals surface area contributed by atoms with Crippen molar-refractivity contribution in [1.29, 1.82) is 0 Å². The van der Waals surface area contributed by atoms with Gasteiger partial charge in [0.05, 0.1) is 22.6 Å². The molecule has 1 heterocycles. The summed E-state index contributed by atoms with van der Waals surface area (Å²) in [5.41, 5.74) is 1.60. The minimum Gasteiger partial charge on any atom is -0.320 e. The van der Waals surface area contributed by atoms with E-state index in [9.17, 15) is 14.0 Å². The minimum absolute atomic E-state index is 0.136. The Hall–Kier alpha value is -2.69. The van der Waals surface area contributed by atoms with Crippen LogP contribution in [0.2, 0.25) is 0 Å². The van der Waals surface area contributed by atoms with Gasteiger partial charge in [0.2, 0.25) is 5.91 Å². The van der Waals surface area contributed by atoms with Crippen LogP contribution in [0.4, 0.5) is 21.5 Å². The van der Waals surface area contributed by atoms with Crippen LogP contribution in [-0.4, -0.2) is 11.8 Å². The summed E-state index contributed by atoms with van der Waals surface area (Å²) < 4.78 is 13.4. The van der Waals surface area contributed by atoms with Crippen molar-refractivity contribution < 1.29 is 14.0 Å². The summed E-state index contributed by atoms with van der Waals surface area (Å²) in [5.74, 6) is -1.20. The normalized spacial score (nSPS) is 13.1. The van der Waals surface area contributed by atoms with E-state index >= 15 is 0 Å². The van der Waals surface area contributed by atoms with Crippen LogP contribution in [-0.2, 0) is 4.79 Å². The van der Waals surface area contributed by atoms with E-state index in [1.807, 2.05) is 0 Å². The van der Waals surface area contributed by atoms with E-state index in [-0.39, 0.29) is 11.5 Å². The molecule has 0 aliphatic carbocycles. The summed E-state index contributed by atoms with van der Waals surface area (Å²) in [4.78, 5) is 25.5. The van der Waals surface area contributed by atoms with E-state index in [0.29, 0.717) is 17.1 Å². The number of nitrogens with one attached hydrogen (secondary N) is 1. The topological polar surface area (TPSA) is 49.4 Å². The third-order valence-corrected chi connectivity index (χ3v) is 3.15. The highest BCUT2D eigenvalue weighted by Crippen LogP contribution is 2.37. The van der Waals surface area contributed by atoms with Crippen molar-refractivity contribution in [3.05, 3.63) is 53.8 Å². The molecule has 2 amide bonds. The summed E-state index contributed by atoms with van der Waals surface area (Å²) >= 11 is 0. The van der Waals surface area contributed by atoms with E-state index in [4.69, 9.17) is 0 Å². The van der Waals surface area contributed by atoms with Gasteiger partial charge in [0.15, 0.2) is 0 Å². The molecule has 20 heavy (non-hydrogen) atoms. The smallest absolute Gasteiger partial charge is 0.257 e. The molecule has 0 atom stereocenters. The summed E-state index contributed by atoms with van der Waals surface area (Å²) in [6.07, 6.45) is 0. The Morgan fingerprint density at radius 3 is 2.65 bits per heavy atom. The van der Waals surface area contributed by atoms with Gasteiger partial charge < -0.3 is 5.32 Å². The Bertz CT molecular complexity index is 728. The maximum atomic E-state index is 13.4. The highest BCUT2D eigenvalue weighted by Gasteiger charge is 2.27. The van der Waals surface area contributed by atoms with Crippen LogP contribution in [0, 0.1) is 5.82 Å². The number of halogens is 1. The fraction of sp³-hybridized carbons (Fsp3) is 0.0667. The van der Waals surface area contributed by atoms with Crippen LogP contribution in [0.15, 0.2) is 42.5 Å². The van der Waals surface area contributed by atoms with Crippen molar-refractivity contribution in [1.82, 2.24) is 0 Å². The van der Waals surface area contributed by atoms with Gasteiger partial charge in [-0.15, -0.1) is 0 Å². The van der Waals surface area contributed by atoms with Gasteiger partial charge in [0, 0.05) is 6.92 Å². The number of para-hydroxylation sites is 2. The monoisotopic (exact) mass is 270 g/mol. The molecule has 0 radical (unpaired) electrons. The molecular formula is C15H11FN2O2. The number of carbonyl (C=O) groups excluding carboxylic acids is 2. The van der Waals surface area contributed by atoms with Crippen molar-refractivity contribution >= 4 is 28.9 Å². The first-order valence-electron chi connectivity index (χ1n) is 6.08. The van der Waals surface area contributed by atoms with Gasteiger partial charge >= 0.3 is 0 Å². The molecule has 100 valence electrons. The Morgan fingerprint density at radius 1 is 1.15 bits per heavy atom. The van der Waals surface area contributed by atoms with E-state index < -0.39 is 11.7 Å². The number of fused-ring (bicyclic) bond motifs is 2. The first kappa shape index (κ1) is 12.3. The van der Waals surface area contributed by atoms with Crippen LogP contribution < -0.4 is 10.2 Å². The molecule has 2 aromatic carbocycles. The molecule has 0 unspecified atom stereocenters. The molecule has 2 aromatic rings. The predicted molar refractivity (Wildman–Crippen MR) is 73.6 cm³/mol. The molecule has 5 heteroatoms. The van der Waals surface area contributed by atoms with E-state index in [1.165, 1.54) is 24.0 Å². The van der Waals surface area contributed by atoms with Gasteiger partial charge in [-0.05, 0) is 30.3 Å². The summed E-state index contributed by atoms with van der Waals surface area (Å²) in [7, 11) is 0. The molecular weight excluding hydrogens is 259 g/mol. The second-order valence-corrected chi connectivity index (χ2v) is 4.49. The molecule has 4 nitrogen and oxygen atoms in total. The number of hydrogen-bond acceptors (Lipinski definition) is 2. The van der Waals surface area contributed by atoms with E-state index in [1.54, 1.807) is 24.3 Å². The second-order valence-electron chi connectivity index (χ2n) is 4.49. The zero-order valence-corrected chi connectivity index (χ0v) is 10.7. The number of hydrogen-bond donors (Lipinski definition) is 1. The fourth-order valence-corrected chi connectivity index (χ4v) is 2.32. The highest BCUT2D eigenvalue weighted by molar-refractivity contribution is 6.17. The average Bonchev–Trinajstić information content (AvgIpc) is 2.53. The summed E-state index contributed by atoms with van der Waals surface area (Å²) in [6, 6.07) is 10.8. The Labute approximate surface area is 114 Å². The lowest BCUT2D eigenvalue weighted by Gasteiger charge is -2.22. The van der Waals surface area contributed by atoms with E-state index in [2.05, 4.69) is 5.32 Å². The van der Waals surface area contributed by atoms with Gasteiger partial charge in [-0.1, -0.05) is 12.1 Å². The number of nitrogens with zero attached hydrogens (tertiary/aromatic N) is 1. The Morgan fingerprint density at radius 2 is 1.90 bits per heavy atom. The van der Waals surface area contributed by atoms with Crippen molar-refractivity contribution in [3.63, 3.8) is 0 Å². The zero-order valence-electron chi connectivity index (χ0n) is 10.7. The van der Waals surface area contributed by atoms with Crippen molar-refractivity contribution in [2.75, 3.05) is 10.2 Å².